The number of thiazole rings is 1. The zero-order chi connectivity index (χ0) is 19.4. The van der Waals surface area contributed by atoms with Crippen LogP contribution in [0.2, 0.25) is 0 Å². The molecule has 0 fully saturated rings. The van der Waals surface area contributed by atoms with E-state index in [1.54, 1.807) is 32.4 Å². The summed E-state index contributed by atoms with van der Waals surface area (Å²) < 4.78 is 10.6. The van der Waals surface area contributed by atoms with Crippen LogP contribution in [-0.4, -0.2) is 25.1 Å². The largest absolute Gasteiger partial charge is 0.493 e. The highest BCUT2D eigenvalue weighted by Gasteiger charge is 2.17. The standard InChI is InChI=1S/C21H18N2O3S/c1-5-14-7-6-8-16(11-14)23-20(24)19-13(2)22-21(27-19)15-9-10-17(25-3)18(12-15)26-4/h1,6-12H,2-4H3,(H,23,24). The molecule has 1 amide bonds. The van der Waals surface area contributed by atoms with Gasteiger partial charge in [0, 0.05) is 16.8 Å². The molecule has 3 rings (SSSR count). The minimum atomic E-state index is -0.217. The molecule has 0 aliphatic rings. The number of rotatable bonds is 5. The Balaban J connectivity index is 1.88. The van der Waals surface area contributed by atoms with Crippen LogP contribution >= 0.6 is 11.3 Å². The van der Waals surface area contributed by atoms with Gasteiger partial charge in [0.2, 0.25) is 0 Å². The Kier molecular flexibility index (Phi) is 5.43. The van der Waals surface area contributed by atoms with Crippen molar-refractivity contribution in [3.8, 4) is 34.4 Å². The topological polar surface area (TPSA) is 60.5 Å². The zero-order valence-corrected chi connectivity index (χ0v) is 16.0. The van der Waals surface area contributed by atoms with Gasteiger partial charge in [0.1, 0.15) is 9.88 Å². The lowest BCUT2D eigenvalue weighted by Crippen LogP contribution is -2.11. The van der Waals surface area contributed by atoms with E-state index in [4.69, 9.17) is 15.9 Å². The Morgan fingerprint density at radius 2 is 1.93 bits per heavy atom. The number of hydrogen-bond donors (Lipinski definition) is 1. The van der Waals surface area contributed by atoms with Crippen LogP contribution in [0.15, 0.2) is 42.5 Å². The van der Waals surface area contributed by atoms with Crippen LogP contribution in [0.5, 0.6) is 11.5 Å². The van der Waals surface area contributed by atoms with Gasteiger partial charge in [0.05, 0.1) is 19.9 Å². The van der Waals surface area contributed by atoms with E-state index in [-0.39, 0.29) is 5.91 Å². The molecule has 0 radical (unpaired) electrons. The van der Waals surface area contributed by atoms with Crippen molar-refractivity contribution in [3.05, 3.63) is 58.6 Å². The number of carbonyl (C=O) groups excluding carboxylic acids is 1. The molecule has 6 heteroatoms. The van der Waals surface area contributed by atoms with Crippen LogP contribution in [0.3, 0.4) is 0 Å². The van der Waals surface area contributed by atoms with E-state index in [0.29, 0.717) is 33.3 Å². The summed E-state index contributed by atoms with van der Waals surface area (Å²) in [6, 6.07) is 12.7. The fraction of sp³-hybridized carbons (Fsp3) is 0.143. The molecule has 2 aromatic carbocycles. The summed E-state index contributed by atoms with van der Waals surface area (Å²) in [6.07, 6.45) is 5.41. The number of aromatic nitrogens is 1. The lowest BCUT2D eigenvalue weighted by molar-refractivity contribution is 0.103. The monoisotopic (exact) mass is 378 g/mol. The molecule has 1 N–H and O–H groups in total. The van der Waals surface area contributed by atoms with Crippen molar-refractivity contribution in [3.63, 3.8) is 0 Å². The first kappa shape index (κ1) is 18.5. The third kappa shape index (κ3) is 3.94. The number of nitrogens with zero attached hydrogens (tertiary/aromatic N) is 1. The van der Waals surface area contributed by atoms with Crippen LogP contribution in [0, 0.1) is 19.3 Å². The molecule has 136 valence electrons. The van der Waals surface area contributed by atoms with Gasteiger partial charge < -0.3 is 14.8 Å². The smallest absolute Gasteiger partial charge is 0.267 e. The molecule has 0 saturated carbocycles. The summed E-state index contributed by atoms with van der Waals surface area (Å²) in [4.78, 5) is 17.7. The quantitative estimate of drug-likeness (QED) is 0.670. The highest BCUT2D eigenvalue weighted by Crippen LogP contribution is 2.35. The van der Waals surface area contributed by atoms with E-state index in [9.17, 15) is 4.79 Å². The predicted molar refractivity (Wildman–Crippen MR) is 108 cm³/mol. The number of ether oxygens (including phenoxy) is 2. The average Bonchev–Trinajstić information content (AvgIpc) is 3.09. The predicted octanol–water partition coefficient (Wildman–Crippen LogP) is 4.37. The Labute approximate surface area is 162 Å². The molecule has 0 atom stereocenters. The highest BCUT2D eigenvalue weighted by atomic mass is 32.1. The van der Waals surface area contributed by atoms with Crippen LogP contribution in [0.4, 0.5) is 5.69 Å². The summed E-state index contributed by atoms with van der Waals surface area (Å²) >= 11 is 1.32. The Bertz CT molecular complexity index is 1030. The molecule has 0 aliphatic carbocycles. The average molecular weight is 378 g/mol. The molecule has 0 bridgehead atoms. The van der Waals surface area contributed by atoms with E-state index in [0.717, 1.165) is 10.6 Å². The maximum atomic E-state index is 12.7. The van der Waals surface area contributed by atoms with E-state index < -0.39 is 0 Å². The van der Waals surface area contributed by atoms with Crippen molar-refractivity contribution >= 4 is 22.9 Å². The van der Waals surface area contributed by atoms with Crippen molar-refractivity contribution in [1.82, 2.24) is 4.98 Å². The lowest BCUT2D eigenvalue weighted by Gasteiger charge is -2.08. The van der Waals surface area contributed by atoms with Gasteiger partial charge in [-0.2, -0.15) is 0 Å². The number of carbonyl (C=O) groups is 1. The van der Waals surface area contributed by atoms with Gasteiger partial charge in [-0.15, -0.1) is 17.8 Å². The number of aryl methyl sites for hydroxylation is 1. The van der Waals surface area contributed by atoms with Gasteiger partial charge in [-0.25, -0.2) is 4.98 Å². The normalized spacial score (nSPS) is 10.1. The molecule has 0 spiro atoms. The van der Waals surface area contributed by atoms with Gasteiger partial charge in [0.15, 0.2) is 11.5 Å². The Hall–Kier alpha value is -3.30. The maximum absolute atomic E-state index is 12.7. The van der Waals surface area contributed by atoms with Crippen LogP contribution in [0.25, 0.3) is 10.6 Å². The third-order valence-corrected chi connectivity index (χ3v) is 5.13. The molecular formula is C21H18N2O3S. The van der Waals surface area contributed by atoms with Crippen molar-refractivity contribution in [2.45, 2.75) is 6.92 Å². The molecule has 27 heavy (non-hydrogen) atoms. The number of anilines is 1. The van der Waals surface area contributed by atoms with Crippen LogP contribution < -0.4 is 14.8 Å². The fourth-order valence-corrected chi connectivity index (χ4v) is 3.53. The number of methoxy groups -OCH3 is 2. The Morgan fingerprint density at radius 3 is 2.63 bits per heavy atom. The van der Waals surface area contributed by atoms with Gasteiger partial charge in [-0.3, -0.25) is 4.79 Å². The summed E-state index contributed by atoms with van der Waals surface area (Å²) in [5.41, 5.74) is 2.88. The minimum absolute atomic E-state index is 0.217. The van der Waals surface area contributed by atoms with E-state index in [1.807, 2.05) is 31.2 Å². The first-order valence-corrected chi connectivity index (χ1v) is 8.95. The molecular weight excluding hydrogens is 360 g/mol. The molecule has 1 aromatic heterocycles. The van der Waals surface area contributed by atoms with Gasteiger partial charge in [-0.05, 0) is 43.3 Å². The molecule has 0 aliphatic heterocycles. The molecule has 0 saturated heterocycles. The summed E-state index contributed by atoms with van der Waals surface area (Å²) in [5.74, 6) is 3.59. The van der Waals surface area contributed by atoms with Gasteiger partial charge in [0.25, 0.3) is 5.91 Å². The zero-order valence-electron chi connectivity index (χ0n) is 15.2. The van der Waals surface area contributed by atoms with E-state index in [1.165, 1.54) is 11.3 Å². The maximum Gasteiger partial charge on any atom is 0.267 e. The van der Waals surface area contributed by atoms with Gasteiger partial charge in [-0.1, -0.05) is 12.0 Å². The first-order valence-electron chi connectivity index (χ1n) is 8.13. The van der Waals surface area contributed by atoms with Crippen LogP contribution in [0.1, 0.15) is 20.9 Å². The molecule has 5 nitrogen and oxygen atoms in total. The number of amides is 1. The first-order chi connectivity index (χ1) is 13.0. The molecule has 3 aromatic rings. The third-order valence-electron chi connectivity index (χ3n) is 3.92. The van der Waals surface area contributed by atoms with Crippen molar-refractivity contribution in [1.29, 1.82) is 0 Å². The molecule has 0 unspecified atom stereocenters. The minimum Gasteiger partial charge on any atom is -0.493 e. The number of nitrogens with one attached hydrogen (secondary N) is 1. The van der Waals surface area contributed by atoms with Crippen molar-refractivity contribution in [2.24, 2.45) is 0 Å². The summed E-state index contributed by atoms with van der Waals surface area (Å²) in [7, 11) is 3.17. The second kappa shape index (κ2) is 7.94. The van der Waals surface area contributed by atoms with E-state index >= 15 is 0 Å². The SMILES string of the molecule is C#Cc1cccc(NC(=O)c2sc(-c3ccc(OC)c(OC)c3)nc2C)c1. The summed E-state index contributed by atoms with van der Waals surface area (Å²) in [5, 5.41) is 3.60. The highest BCUT2D eigenvalue weighted by molar-refractivity contribution is 7.17. The summed E-state index contributed by atoms with van der Waals surface area (Å²) in [6.45, 7) is 1.81. The number of terminal acetylenes is 1. The number of hydrogen-bond acceptors (Lipinski definition) is 5. The van der Waals surface area contributed by atoms with Crippen molar-refractivity contribution < 1.29 is 14.3 Å². The second-order valence-corrected chi connectivity index (χ2v) is 6.68. The van der Waals surface area contributed by atoms with E-state index in [2.05, 4.69) is 16.2 Å². The fourth-order valence-electron chi connectivity index (χ4n) is 2.57. The van der Waals surface area contributed by atoms with Crippen LogP contribution in [-0.2, 0) is 0 Å². The number of benzene rings is 2. The Morgan fingerprint density at radius 1 is 1.15 bits per heavy atom. The van der Waals surface area contributed by atoms with Gasteiger partial charge >= 0.3 is 0 Å². The lowest BCUT2D eigenvalue weighted by atomic mass is 10.2. The van der Waals surface area contributed by atoms with Crippen molar-refractivity contribution in [2.75, 3.05) is 19.5 Å². The molecule has 1 heterocycles. The second-order valence-electron chi connectivity index (χ2n) is 5.68.